The Kier molecular flexibility index (Phi) is 7.59. The van der Waals surface area contributed by atoms with E-state index in [2.05, 4.69) is 147 Å². The minimum atomic E-state index is 0.462. The first-order chi connectivity index (χ1) is 32.7. The van der Waals surface area contributed by atoms with E-state index in [1.54, 1.807) is 0 Å². The molecule has 0 aliphatic heterocycles. The third-order valence-electron chi connectivity index (χ3n) is 13.1. The average Bonchev–Trinajstić information content (AvgIpc) is 4.13. The summed E-state index contributed by atoms with van der Waals surface area (Å²) >= 11 is 0. The maximum atomic E-state index is 11.1. The van der Waals surface area contributed by atoms with Crippen molar-refractivity contribution in [1.82, 2.24) is 28.7 Å². The zero-order valence-electron chi connectivity index (χ0n) is 35.1. The van der Waals surface area contributed by atoms with Gasteiger partial charge in [-0.1, -0.05) is 127 Å². The van der Waals surface area contributed by atoms with Crippen molar-refractivity contribution in [3.05, 3.63) is 206 Å². The number of benzene rings is 9. The van der Waals surface area contributed by atoms with Crippen LogP contribution in [-0.4, -0.2) is 28.7 Å². The van der Waals surface area contributed by atoms with E-state index in [1.165, 1.54) is 0 Å². The van der Waals surface area contributed by atoms with Crippen molar-refractivity contribution in [2.75, 3.05) is 0 Å². The highest BCUT2D eigenvalue weighted by atomic mass is 16.3. The second-order valence-electron chi connectivity index (χ2n) is 16.7. The van der Waals surface area contributed by atoms with Crippen molar-refractivity contribution in [1.29, 1.82) is 5.26 Å². The molecule has 0 atom stereocenters. The smallest absolute Gasteiger partial charge is 0.238 e. The fraction of sp³-hybridized carbons (Fsp3) is 0. The van der Waals surface area contributed by atoms with Gasteiger partial charge in [0.15, 0.2) is 17.2 Å². The summed E-state index contributed by atoms with van der Waals surface area (Å²) in [5.41, 5.74) is 11.5. The van der Waals surface area contributed by atoms with Crippen LogP contribution in [0.1, 0.15) is 5.56 Å². The van der Waals surface area contributed by atoms with Gasteiger partial charge in [0.25, 0.3) is 0 Å². The topological polar surface area (TPSA) is 90.4 Å². The van der Waals surface area contributed by atoms with Gasteiger partial charge in [-0.15, -0.1) is 0 Å². The molecule has 0 N–H and O–H groups in total. The predicted molar refractivity (Wildman–Crippen MR) is 266 cm³/mol. The number of nitriles is 1. The molecule has 0 saturated carbocycles. The Morgan fingerprint density at radius 1 is 0.409 bits per heavy atom. The lowest BCUT2D eigenvalue weighted by atomic mass is 10.0. The Morgan fingerprint density at radius 2 is 0.970 bits per heavy atom. The number of hydrogen-bond donors (Lipinski definition) is 0. The SMILES string of the molecule is N#Cc1cc(-c2nc(-c3ccccc3)nc(-n3c4ccccc4c4ccccc43)n2)ccc1-n1c2ccccc2c2ccc3c(oc4ccc5c(c6ccccc6n5-c5ccccc5)c43)c21. The van der Waals surface area contributed by atoms with E-state index in [-0.39, 0.29) is 0 Å². The lowest BCUT2D eigenvalue weighted by Gasteiger charge is -2.13. The van der Waals surface area contributed by atoms with E-state index in [0.717, 1.165) is 104 Å². The zero-order chi connectivity index (χ0) is 43.5. The number of rotatable bonds is 5. The highest BCUT2D eigenvalue weighted by Crippen LogP contribution is 2.45. The summed E-state index contributed by atoms with van der Waals surface area (Å²) in [7, 11) is 0. The second kappa shape index (κ2) is 13.8. The molecule has 0 fully saturated rings. The highest BCUT2D eigenvalue weighted by molar-refractivity contribution is 6.30. The molecule has 8 heteroatoms. The van der Waals surface area contributed by atoms with Crippen LogP contribution in [0.3, 0.4) is 0 Å². The van der Waals surface area contributed by atoms with Crippen LogP contribution in [0.15, 0.2) is 205 Å². The van der Waals surface area contributed by atoms with Gasteiger partial charge in [-0.2, -0.15) is 15.2 Å². The molecule has 8 nitrogen and oxygen atoms in total. The van der Waals surface area contributed by atoms with Gasteiger partial charge in [0, 0.05) is 59.9 Å². The molecule has 5 heterocycles. The summed E-state index contributed by atoms with van der Waals surface area (Å²) < 4.78 is 13.6. The summed E-state index contributed by atoms with van der Waals surface area (Å²) in [6.07, 6.45) is 0. The van der Waals surface area contributed by atoms with Crippen LogP contribution in [0.4, 0.5) is 0 Å². The minimum absolute atomic E-state index is 0.462. The lowest BCUT2D eigenvalue weighted by Crippen LogP contribution is -2.06. The van der Waals surface area contributed by atoms with Crippen LogP contribution in [0.5, 0.6) is 0 Å². The number of aromatic nitrogens is 6. The molecular weight excluding hydrogens is 811 g/mol. The molecular formula is C58H33N7O. The van der Waals surface area contributed by atoms with Crippen LogP contribution in [0.2, 0.25) is 0 Å². The van der Waals surface area contributed by atoms with Crippen molar-refractivity contribution >= 4 is 87.4 Å². The monoisotopic (exact) mass is 843 g/mol. The number of fused-ring (bicyclic) bond motifs is 14. The fourth-order valence-corrected chi connectivity index (χ4v) is 10.3. The van der Waals surface area contributed by atoms with Gasteiger partial charge in [0.05, 0.1) is 44.4 Å². The summed E-state index contributed by atoms with van der Waals surface area (Å²) in [6.45, 7) is 0. The van der Waals surface area contributed by atoms with Crippen LogP contribution in [-0.2, 0) is 0 Å². The third-order valence-corrected chi connectivity index (χ3v) is 13.1. The predicted octanol–water partition coefficient (Wildman–Crippen LogP) is 14.3. The molecule has 306 valence electrons. The lowest BCUT2D eigenvalue weighted by molar-refractivity contribution is 0.671. The van der Waals surface area contributed by atoms with Gasteiger partial charge >= 0.3 is 0 Å². The zero-order valence-corrected chi connectivity index (χ0v) is 35.1. The summed E-state index contributed by atoms with van der Waals surface area (Å²) in [6, 6.07) is 71.2. The number of hydrogen-bond acceptors (Lipinski definition) is 5. The average molecular weight is 844 g/mol. The molecule has 0 saturated heterocycles. The molecule has 0 unspecified atom stereocenters. The molecule has 0 radical (unpaired) electrons. The van der Waals surface area contributed by atoms with Gasteiger partial charge in [-0.05, 0) is 72.8 Å². The first-order valence-corrected chi connectivity index (χ1v) is 21.9. The molecule has 66 heavy (non-hydrogen) atoms. The Bertz CT molecular complexity index is 4310. The summed E-state index contributed by atoms with van der Waals surface area (Å²) in [5.74, 6) is 1.49. The minimum Gasteiger partial charge on any atom is -0.454 e. The van der Waals surface area contributed by atoms with Crippen molar-refractivity contribution in [3.8, 4) is 46.2 Å². The van der Waals surface area contributed by atoms with Gasteiger partial charge in [0.2, 0.25) is 5.95 Å². The molecule has 0 aliphatic carbocycles. The number of furan rings is 1. The first kappa shape index (κ1) is 36.2. The maximum absolute atomic E-state index is 11.1. The Hall–Kier alpha value is -9.32. The summed E-state index contributed by atoms with van der Waals surface area (Å²) in [5, 5.41) is 19.8. The third kappa shape index (κ3) is 5.11. The van der Waals surface area contributed by atoms with Crippen LogP contribution in [0.25, 0.3) is 127 Å². The summed E-state index contributed by atoms with van der Waals surface area (Å²) in [4.78, 5) is 15.4. The van der Waals surface area contributed by atoms with E-state index >= 15 is 0 Å². The van der Waals surface area contributed by atoms with Crippen LogP contribution in [0, 0.1) is 11.3 Å². The largest absolute Gasteiger partial charge is 0.454 e. The van der Waals surface area contributed by atoms with E-state index in [4.69, 9.17) is 19.4 Å². The fourth-order valence-electron chi connectivity index (χ4n) is 10.3. The van der Waals surface area contributed by atoms with Crippen molar-refractivity contribution in [2.24, 2.45) is 0 Å². The molecule has 0 bridgehead atoms. The van der Waals surface area contributed by atoms with Crippen molar-refractivity contribution in [3.63, 3.8) is 0 Å². The Morgan fingerprint density at radius 3 is 1.65 bits per heavy atom. The van der Waals surface area contributed by atoms with E-state index in [9.17, 15) is 5.26 Å². The number of nitrogens with zero attached hydrogens (tertiary/aromatic N) is 7. The first-order valence-electron chi connectivity index (χ1n) is 21.9. The maximum Gasteiger partial charge on any atom is 0.238 e. The van der Waals surface area contributed by atoms with E-state index < -0.39 is 0 Å². The van der Waals surface area contributed by atoms with Crippen LogP contribution >= 0.6 is 0 Å². The van der Waals surface area contributed by atoms with Gasteiger partial charge in [0.1, 0.15) is 11.7 Å². The van der Waals surface area contributed by atoms with E-state index in [1.807, 2.05) is 72.8 Å². The number of para-hydroxylation sites is 5. The van der Waals surface area contributed by atoms with E-state index in [0.29, 0.717) is 28.7 Å². The van der Waals surface area contributed by atoms with Gasteiger partial charge in [-0.3, -0.25) is 4.57 Å². The Labute approximate surface area is 376 Å². The second-order valence-corrected chi connectivity index (χ2v) is 16.7. The van der Waals surface area contributed by atoms with Crippen molar-refractivity contribution < 1.29 is 4.42 Å². The highest BCUT2D eigenvalue weighted by Gasteiger charge is 2.25. The standard InChI is InChI=1S/C58H33N7O/c59-34-37-33-36(57-60-56(35-15-3-1-4-16-35)61-58(62-57)65-47-24-12-7-19-39(47)40-20-8-13-25-48(40)65)27-30-45(37)64-46-23-11-9-21-41(46)42-28-29-44-53-51(66-55(44)54(42)64)32-31-50-52(53)43-22-10-14-26-49(43)63(50)38-17-5-2-6-18-38/h1-33H. The van der Waals surface area contributed by atoms with Crippen LogP contribution < -0.4 is 0 Å². The van der Waals surface area contributed by atoms with Crippen molar-refractivity contribution in [2.45, 2.75) is 0 Å². The molecule has 5 aromatic heterocycles. The quantitative estimate of drug-likeness (QED) is 0.172. The molecule has 14 rings (SSSR count). The Balaban J connectivity index is 1.01. The molecule has 0 spiro atoms. The van der Waals surface area contributed by atoms with Gasteiger partial charge < -0.3 is 13.6 Å². The normalized spacial score (nSPS) is 11.9. The molecule has 0 aliphatic rings. The molecule has 9 aromatic carbocycles. The molecule has 0 amide bonds. The van der Waals surface area contributed by atoms with Gasteiger partial charge in [-0.25, -0.2) is 4.98 Å². The molecule has 14 aromatic rings.